The van der Waals surface area contributed by atoms with E-state index in [2.05, 4.69) is 72.0 Å². The lowest BCUT2D eigenvalue weighted by Gasteiger charge is -2.17. The highest BCUT2D eigenvalue weighted by Gasteiger charge is 2.36. The molecule has 0 aromatic heterocycles. The summed E-state index contributed by atoms with van der Waals surface area (Å²) in [6.07, 6.45) is 3.22. The van der Waals surface area contributed by atoms with Crippen molar-refractivity contribution >= 4 is 153 Å². The lowest BCUT2D eigenvalue weighted by Crippen LogP contribution is -2.40. The third kappa shape index (κ3) is 23.6. The minimum Gasteiger partial charge on any atom is -0.393 e. The van der Waals surface area contributed by atoms with E-state index in [1.165, 1.54) is 84.9 Å². The van der Waals surface area contributed by atoms with Crippen molar-refractivity contribution in [3.63, 3.8) is 0 Å². The molecule has 4 saturated carbocycles. The van der Waals surface area contributed by atoms with Crippen LogP contribution >= 0.6 is 66.7 Å². The van der Waals surface area contributed by atoms with Gasteiger partial charge in [0.2, 0.25) is 40.1 Å². The molecule has 40 heteroatoms. The summed E-state index contributed by atoms with van der Waals surface area (Å²) in [5.41, 5.74) is 0.170. The second kappa shape index (κ2) is 38.3. The van der Waals surface area contributed by atoms with Gasteiger partial charge in [0.1, 0.15) is 50.5 Å². The van der Waals surface area contributed by atoms with Crippen LogP contribution in [-0.4, -0.2) is 126 Å². The Hall–Kier alpha value is -7.54. The molecule has 4 aliphatic rings. The number of rotatable bonds is 20. The number of aliphatic hydroxyl groups is 4. The summed E-state index contributed by atoms with van der Waals surface area (Å²) in [6.45, 7) is 0. The van der Waals surface area contributed by atoms with Crippen molar-refractivity contribution in [2.24, 2.45) is 0 Å². The van der Waals surface area contributed by atoms with Crippen LogP contribution < -0.4 is 40.2 Å². The van der Waals surface area contributed by atoms with Gasteiger partial charge in [-0.2, -0.15) is 0 Å². The van der Waals surface area contributed by atoms with Crippen molar-refractivity contribution < 1.29 is 104 Å². The number of hydrogen-bond donors (Lipinski definition) is 12. The molecule has 0 radical (unpaired) electrons. The van der Waals surface area contributed by atoms with Crippen LogP contribution in [0, 0.1) is 40.7 Å². The first-order valence-corrected chi connectivity index (χ1v) is 42.4. The van der Waals surface area contributed by atoms with Crippen LogP contribution in [-0.2, 0) is 40.1 Å². The maximum absolute atomic E-state index is 14.2. The lowest BCUT2D eigenvalue weighted by atomic mass is 10.2. The molecule has 8 aromatic carbocycles. The summed E-state index contributed by atoms with van der Waals surface area (Å²) in [7, 11) is -16.5. The number of anilines is 4. The standard InChI is InChI=1S/C18H16BrF3N2O4S.C18H17BrF2N2O4S.C18H17Cl2FN2O4S.C18H18ClFN2O4S/c19-11-6-9(4-5-12(11)20)23-18(26)10-7-17(14(22)8-13(10)21)29(27,28)24-15-2-1-3-16(15)25;19-12-9-11(5-7-13(12)20)22-18(25)10-4-6-14(21)17(8-10)28(26,27)23-15-2-1-3-16(15)24;19-13-6-5-11(28(26,27)23-16-2-1-3-17(16)24)9-12(13)18(25)22-10-4-7-15(21)14(20)8-10;19-16-10-12(5-7-17(16)20)21-18(24)11-2-1-3-15(8-11)27(25,26)22-13-4-6-14(23)9-13/h4-8,15-16,24-25H,1-3H2,(H,23,26);4-9,15-16,23-24H,1-3H2,(H,22,25);4-9,16-17,23-24H,1-3H2,(H,22,25);1-3,5,7-8,10,13-14,22-23H,4,6,9H2,(H,21,24). The maximum Gasteiger partial charge on any atom is 0.258 e. The van der Waals surface area contributed by atoms with Gasteiger partial charge in [0.15, 0.2) is 0 Å². The third-order valence-electron chi connectivity index (χ3n) is 17.7. The molecule has 24 nitrogen and oxygen atoms in total. The van der Waals surface area contributed by atoms with E-state index in [9.17, 15) is 104 Å². The van der Waals surface area contributed by atoms with Crippen LogP contribution in [0.3, 0.4) is 0 Å². The highest BCUT2D eigenvalue weighted by molar-refractivity contribution is 9.10. The number of aliphatic hydroxyl groups excluding tert-OH is 4. The highest BCUT2D eigenvalue weighted by Crippen LogP contribution is 2.32. The van der Waals surface area contributed by atoms with Crippen molar-refractivity contribution in [2.75, 3.05) is 21.3 Å². The average molecular weight is 1830 g/mol. The van der Waals surface area contributed by atoms with E-state index >= 15 is 0 Å². The zero-order chi connectivity index (χ0) is 81.9. The molecule has 12 rings (SSSR count). The fraction of sp³-hybridized carbons (Fsp3) is 0.278. The molecular formula is C72H68Br2Cl3F7N8O16S4. The molecule has 4 aliphatic carbocycles. The molecule has 4 amide bonds. The van der Waals surface area contributed by atoms with Crippen LogP contribution in [0.2, 0.25) is 15.1 Å². The monoisotopic (exact) mass is 1820 g/mol. The summed E-state index contributed by atoms with van der Waals surface area (Å²) in [4.78, 5) is 47.9. The van der Waals surface area contributed by atoms with E-state index in [4.69, 9.17) is 34.8 Å². The fourth-order valence-corrected chi connectivity index (χ4v) is 18.7. The molecule has 8 aromatic rings. The van der Waals surface area contributed by atoms with Gasteiger partial charge in [-0.25, -0.2) is 83.3 Å². The van der Waals surface area contributed by atoms with Crippen LogP contribution in [0.15, 0.2) is 174 Å². The van der Waals surface area contributed by atoms with Gasteiger partial charge in [-0.05, 0) is 242 Å². The first kappa shape index (κ1) is 88.4. The minimum absolute atomic E-state index is 0.0468. The minimum atomic E-state index is -4.45. The van der Waals surface area contributed by atoms with E-state index in [1.54, 1.807) is 0 Å². The Labute approximate surface area is 670 Å². The van der Waals surface area contributed by atoms with Crippen LogP contribution in [0.25, 0.3) is 0 Å². The summed E-state index contributed by atoms with van der Waals surface area (Å²) in [5.74, 6) is -8.92. The molecule has 4 fully saturated rings. The predicted octanol–water partition coefficient (Wildman–Crippen LogP) is 13.0. The number of nitrogens with one attached hydrogen (secondary N) is 8. The van der Waals surface area contributed by atoms with Crippen molar-refractivity contribution in [1.29, 1.82) is 0 Å². The van der Waals surface area contributed by atoms with Gasteiger partial charge in [0.05, 0.1) is 69.3 Å². The fourth-order valence-electron chi connectivity index (χ4n) is 11.9. The molecule has 0 spiro atoms. The quantitative estimate of drug-likeness (QED) is 0.0315. The van der Waals surface area contributed by atoms with Gasteiger partial charge in [-0.1, -0.05) is 40.9 Å². The van der Waals surface area contributed by atoms with Gasteiger partial charge >= 0.3 is 0 Å². The number of carbonyl (C=O) groups is 4. The molecule has 12 N–H and O–H groups in total. The summed E-state index contributed by atoms with van der Waals surface area (Å²) < 4.78 is 206. The molecular weight excluding hydrogens is 1760 g/mol. The summed E-state index contributed by atoms with van der Waals surface area (Å²) in [5, 5.41) is 48.5. The number of carbonyl (C=O) groups excluding carboxylic acids is 4. The molecule has 600 valence electrons. The number of benzene rings is 8. The van der Waals surface area contributed by atoms with Gasteiger partial charge < -0.3 is 41.7 Å². The second-order valence-electron chi connectivity index (χ2n) is 25.9. The van der Waals surface area contributed by atoms with E-state index in [1.807, 2.05) is 0 Å². The Balaban J connectivity index is 0.000000171. The Morgan fingerprint density at radius 1 is 0.357 bits per heavy atom. The Kier molecular flexibility index (Phi) is 30.2. The lowest BCUT2D eigenvalue weighted by molar-refractivity contribution is 0.101. The van der Waals surface area contributed by atoms with Gasteiger partial charge in [0, 0.05) is 64.1 Å². The highest BCUT2D eigenvalue weighted by atomic mass is 79.9. The normalized spacial score (nSPS) is 19.6. The largest absolute Gasteiger partial charge is 0.393 e. The average Bonchev–Trinajstić information content (AvgIpc) is 1.15. The number of amides is 4. The van der Waals surface area contributed by atoms with E-state index in [-0.39, 0.29) is 79.3 Å². The van der Waals surface area contributed by atoms with E-state index in [0.29, 0.717) is 82.8 Å². The summed E-state index contributed by atoms with van der Waals surface area (Å²) >= 11 is 23.4. The van der Waals surface area contributed by atoms with Crippen molar-refractivity contribution in [3.05, 3.63) is 233 Å². The number of halogens is 12. The number of hydrogen-bond acceptors (Lipinski definition) is 16. The predicted molar refractivity (Wildman–Crippen MR) is 409 cm³/mol. The Morgan fingerprint density at radius 2 is 0.768 bits per heavy atom. The molecule has 0 bridgehead atoms. The topological polar surface area (TPSA) is 382 Å². The molecule has 0 saturated heterocycles. The molecule has 0 aliphatic heterocycles. The molecule has 0 heterocycles. The van der Waals surface area contributed by atoms with Crippen LogP contribution in [0.1, 0.15) is 118 Å². The van der Waals surface area contributed by atoms with Gasteiger partial charge in [0.25, 0.3) is 23.6 Å². The molecule has 8 unspecified atom stereocenters. The van der Waals surface area contributed by atoms with Crippen molar-refractivity contribution in [1.82, 2.24) is 18.9 Å². The first-order valence-electron chi connectivity index (χ1n) is 33.7. The van der Waals surface area contributed by atoms with Gasteiger partial charge in [-0.15, -0.1) is 0 Å². The van der Waals surface area contributed by atoms with Crippen molar-refractivity contribution in [2.45, 2.75) is 145 Å². The Morgan fingerprint density at radius 3 is 1.21 bits per heavy atom. The first-order chi connectivity index (χ1) is 52.7. The van der Waals surface area contributed by atoms with Crippen LogP contribution in [0.4, 0.5) is 53.5 Å². The number of sulfonamides is 4. The van der Waals surface area contributed by atoms with Crippen molar-refractivity contribution in [3.8, 4) is 0 Å². The third-order valence-corrected chi connectivity index (χ3v) is 25.9. The zero-order valence-corrected chi connectivity index (χ0v) is 66.5. The summed E-state index contributed by atoms with van der Waals surface area (Å²) in [6, 6.07) is 25.5. The smallest absolute Gasteiger partial charge is 0.258 e. The van der Waals surface area contributed by atoms with E-state index in [0.717, 1.165) is 55.0 Å². The zero-order valence-electron chi connectivity index (χ0n) is 57.8. The van der Waals surface area contributed by atoms with Gasteiger partial charge in [-0.3, -0.25) is 19.2 Å². The van der Waals surface area contributed by atoms with Crippen LogP contribution in [0.5, 0.6) is 0 Å². The van der Waals surface area contributed by atoms with E-state index < -0.39 is 162 Å². The SMILES string of the molecule is O=C(Nc1ccc(F)c(Br)c1)c1cc(S(=O)(=O)NC2CCCC2O)c(F)cc1F.O=C(Nc1ccc(F)c(Br)c1)c1ccc(F)c(S(=O)(=O)NC2CCCC2O)c1.O=C(Nc1ccc(F)c(Cl)c1)c1cc(S(=O)(=O)NC2CCCC2O)ccc1Cl.O=C(Nc1ccc(F)c(Cl)c1)c1cccc(S(=O)(=O)NC2CCC(O)C2)c1. The molecule has 112 heavy (non-hydrogen) atoms. The second-order valence-corrected chi connectivity index (χ2v) is 35.6. The maximum atomic E-state index is 14.2. The molecule has 8 atom stereocenters. The Bertz CT molecular complexity index is 5380.